The van der Waals surface area contributed by atoms with Gasteiger partial charge in [-0.3, -0.25) is 14.4 Å². The third-order valence-corrected chi connectivity index (χ3v) is 10.7. The van der Waals surface area contributed by atoms with Crippen LogP contribution in [-0.2, 0) is 28.6 Å². The predicted molar refractivity (Wildman–Crippen MR) is 265 cm³/mol. The molecule has 1 atom stereocenters. The SMILES string of the molecule is CC\C=C/C=C\C=C/C=C\CCCCCCCC(=O)OCC(COC(=O)CCCCCCCCC/C=C\C/C=C\CC)OC(=O)CCCCCCCCC/C=C\CCCCCC. The number of carbonyl (C=O) groups excluding carboxylic acids is 3. The minimum absolute atomic E-state index is 0.0908. The summed E-state index contributed by atoms with van der Waals surface area (Å²) in [5.41, 5.74) is 0. The maximum atomic E-state index is 12.8. The molecule has 1 unspecified atom stereocenters. The van der Waals surface area contributed by atoms with Crippen LogP contribution in [0.25, 0.3) is 0 Å². The minimum atomic E-state index is -0.791. The van der Waals surface area contributed by atoms with Crippen LogP contribution in [0.15, 0.2) is 85.1 Å². The number of ether oxygens (including phenoxy) is 3. The first-order valence-electron chi connectivity index (χ1n) is 25.6. The summed E-state index contributed by atoms with van der Waals surface area (Å²) in [6, 6.07) is 0. The van der Waals surface area contributed by atoms with E-state index in [1.54, 1.807) is 0 Å². The van der Waals surface area contributed by atoms with Gasteiger partial charge in [-0.25, -0.2) is 0 Å². The van der Waals surface area contributed by atoms with Crippen molar-refractivity contribution in [1.82, 2.24) is 0 Å². The average Bonchev–Trinajstić information content (AvgIpc) is 3.27. The Morgan fingerprint density at radius 3 is 1.18 bits per heavy atom. The van der Waals surface area contributed by atoms with Gasteiger partial charge in [0.05, 0.1) is 0 Å². The van der Waals surface area contributed by atoms with E-state index in [1.807, 2.05) is 18.2 Å². The van der Waals surface area contributed by atoms with E-state index >= 15 is 0 Å². The lowest BCUT2D eigenvalue weighted by Gasteiger charge is -2.18. The molecule has 0 N–H and O–H groups in total. The highest BCUT2D eigenvalue weighted by Crippen LogP contribution is 2.14. The second-order valence-corrected chi connectivity index (χ2v) is 16.8. The lowest BCUT2D eigenvalue weighted by atomic mass is 10.1. The van der Waals surface area contributed by atoms with Crippen molar-refractivity contribution in [2.75, 3.05) is 13.2 Å². The molecule has 0 aliphatic rings. The summed E-state index contributed by atoms with van der Waals surface area (Å²) in [5.74, 6) is -0.928. The van der Waals surface area contributed by atoms with Crippen molar-refractivity contribution in [3.05, 3.63) is 85.1 Å². The molecule has 6 nitrogen and oxygen atoms in total. The van der Waals surface area contributed by atoms with Crippen molar-refractivity contribution in [3.63, 3.8) is 0 Å². The maximum absolute atomic E-state index is 12.8. The normalized spacial score (nSPS) is 12.8. The molecule has 0 aliphatic carbocycles. The van der Waals surface area contributed by atoms with Crippen molar-refractivity contribution in [1.29, 1.82) is 0 Å². The number of allylic oxidation sites excluding steroid dienone is 14. The van der Waals surface area contributed by atoms with Crippen LogP contribution < -0.4 is 0 Å². The molecule has 0 aromatic heterocycles. The van der Waals surface area contributed by atoms with Crippen LogP contribution in [0, 0.1) is 0 Å². The molecule has 6 heteroatoms. The lowest BCUT2D eigenvalue weighted by Crippen LogP contribution is -2.30. The molecule has 0 saturated carbocycles. The monoisotopic (exact) mass is 863 g/mol. The quantitative estimate of drug-likeness (QED) is 0.0199. The van der Waals surface area contributed by atoms with Crippen LogP contribution in [0.2, 0.25) is 0 Å². The minimum Gasteiger partial charge on any atom is -0.462 e. The third-order valence-electron chi connectivity index (χ3n) is 10.7. The van der Waals surface area contributed by atoms with E-state index in [0.29, 0.717) is 19.3 Å². The van der Waals surface area contributed by atoms with Gasteiger partial charge in [0, 0.05) is 19.3 Å². The van der Waals surface area contributed by atoms with E-state index in [9.17, 15) is 14.4 Å². The Hall–Kier alpha value is -3.41. The van der Waals surface area contributed by atoms with Crippen molar-refractivity contribution >= 4 is 17.9 Å². The number of esters is 3. The first-order valence-corrected chi connectivity index (χ1v) is 25.6. The standard InChI is InChI=1S/C56H94O6/c1-4-7-10-13-16-19-22-25-28-31-34-37-40-43-46-49-55(58)61-52-53(51-60-54(57)48-45-42-39-36-33-30-27-24-21-18-15-12-9-6-3)62-56(59)50-47-44-41-38-35-32-29-26-23-20-17-14-11-8-5-2/h7,9-10,12-13,16,18-23,25,28,53H,4-6,8,11,14-15,17,24,26-27,29-52H2,1-3H3/b10-7-,12-9-,16-13-,21-18-,22-19-,23-20-,28-25-. The maximum Gasteiger partial charge on any atom is 0.306 e. The Kier molecular flexibility index (Phi) is 47.5. The second kappa shape index (κ2) is 50.2. The van der Waals surface area contributed by atoms with Gasteiger partial charge in [-0.1, -0.05) is 209 Å². The van der Waals surface area contributed by atoms with Gasteiger partial charge in [0.15, 0.2) is 6.10 Å². The Bertz CT molecular complexity index is 1220. The number of hydrogen-bond acceptors (Lipinski definition) is 6. The first kappa shape index (κ1) is 58.6. The van der Waals surface area contributed by atoms with Crippen LogP contribution in [0.1, 0.15) is 233 Å². The third kappa shape index (κ3) is 47.6. The van der Waals surface area contributed by atoms with Gasteiger partial charge in [0.2, 0.25) is 0 Å². The number of hydrogen-bond donors (Lipinski definition) is 0. The molecule has 0 bridgehead atoms. The van der Waals surface area contributed by atoms with Gasteiger partial charge in [-0.2, -0.15) is 0 Å². The molecule has 0 rings (SSSR count). The zero-order chi connectivity index (χ0) is 45.1. The van der Waals surface area contributed by atoms with E-state index in [4.69, 9.17) is 14.2 Å². The van der Waals surface area contributed by atoms with Crippen LogP contribution >= 0.6 is 0 Å². The Morgan fingerprint density at radius 2 is 0.710 bits per heavy atom. The molecule has 354 valence electrons. The second-order valence-electron chi connectivity index (χ2n) is 16.8. The molecule has 0 aromatic rings. The molecule has 0 radical (unpaired) electrons. The van der Waals surface area contributed by atoms with Crippen molar-refractivity contribution in [2.45, 2.75) is 239 Å². The number of carbonyl (C=O) groups is 3. The molecular weight excluding hydrogens is 769 g/mol. The van der Waals surface area contributed by atoms with Gasteiger partial charge >= 0.3 is 17.9 Å². The van der Waals surface area contributed by atoms with Gasteiger partial charge in [-0.15, -0.1) is 0 Å². The topological polar surface area (TPSA) is 78.9 Å². The highest BCUT2D eigenvalue weighted by molar-refractivity contribution is 5.71. The smallest absolute Gasteiger partial charge is 0.306 e. The molecule has 0 aromatic carbocycles. The van der Waals surface area contributed by atoms with E-state index in [2.05, 4.69) is 87.6 Å². The summed E-state index contributed by atoms with van der Waals surface area (Å²) >= 11 is 0. The van der Waals surface area contributed by atoms with Crippen LogP contribution in [0.3, 0.4) is 0 Å². The summed E-state index contributed by atoms with van der Waals surface area (Å²) in [4.78, 5) is 38.0. The van der Waals surface area contributed by atoms with E-state index in [0.717, 1.165) is 103 Å². The molecule has 0 saturated heterocycles. The van der Waals surface area contributed by atoms with E-state index < -0.39 is 6.10 Å². The summed E-state index contributed by atoms with van der Waals surface area (Å²) in [6.45, 7) is 6.35. The molecular formula is C56H94O6. The fourth-order valence-electron chi connectivity index (χ4n) is 6.90. The highest BCUT2D eigenvalue weighted by atomic mass is 16.6. The summed E-state index contributed by atoms with van der Waals surface area (Å²) < 4.78 is 16.8. The first-order chi connectivity index (χ1) is 30.5. The number of unbranched alkanes of at least 4 members (excludes halogenated alkanes) is 23. The lowest BCUT2D eigenvalue weighted by molar-refractivity contribution is -0.167. The van der Waals surface area contributed by atoms with Gasteiger partial charge in [0.25, 0.3) is 0 Å². The largest absolute Gasteiger partial charge is 0.462 e. The van der Waals surface area contributed by atoms with Gasteiger partial charge in [0.1, 0.15) is 13.2 Å². The predicted octanol–water partition coefficient (Wildman–Crippen LogP) is 16.8. The molecule has 0 fully saturated rings. The summed E-state index contributed by atoms with van der Waals surface area (Å²) in [7, 11) is 0. The Labute approximate surface area is 382 Å². The average molecular weight is 863 g/mol. The number of rotatable bonds is 45. The fourth-order valence-corrected chi connectivity index (χ4v) is 6.90. The van der Waals surface area contributed by atoms with Gasteiger partial charge < -0.3 is 14.2 Å². The molecule has 0 spiro atoms. The Morgan fingerprint density at radius 1 is 0.355 bits per heavy atom. The van der Waals surface area contributed by atoms with E-state index in [-0.39, 0.29) is 31.1 Å². The van der Waals surface area contributed by atoms with Crippen molar-refractivity contribution in [3.8, 4) is 0 Å². The van der Waals surface area contributed by atoms with Gasteiger partial charge in [-0.05, 0) is 89.9 Å². The fraction of sp³-hybridized carbons (Fsp3) is 0.696. The van der Waals surface area contributed by atoms with Crippen LogP contribution in [-0.4, -0.2) is 37.2 Å². The summed E-state index contributed by atoms with van der Waals surface area (Å²) in [6.07, 6.45) is 64.2. The molecule has 0 amide bonds. The highest BCUT2D eigenvalue weighted by Gasteiger charge is 2.19. The molecule has 62 heavy (non-hydrogen) atoms. The van der Waals surface area contributed by atoms with Crippen LogP contribution in [0.5, 0.6) is 0 Å². The Balaban J connectivity index is 4.45. The summed E-state index contributed by atoms with van der Waals surface area (Å²) in [5, 5.41) is 0. The van der Waals surface area contributed by atoms with Crippen molar-refractivity contribution in [2.24, 2.45) is 0 Å². The zero-order valence-corrected chi connectivity index (χ0v) is 40.4. The van der Waals surface area contributed by atoms with E-state index in [1.165, 1.54) is 89.9 Å². The van der Waals surface area contributed by atoms with Crippen molar-refractivity contribution < 1.29 is 28.6 Å². The molecule has 0 heterocycles. The molecule has 0 aliphatic heterocycles. The zero-order valence-electron chi connectivity index (χ0n) is 40.4. The van der Waals surface area contributed by atoms with Crippen LogP contribution in [0.4, 0.5) is 0 Å².